The van der Waals surface area contributed by atoms with E-state index in [-0.39, 0.29) is 5.56 Å². The molecule has 1 aliphatic carbocycles. The van der Waals surface area contributed by atoms with Crippen molar-refractivity contribution in [2.75, 3.05) is 0 Å². The van der Waals surface area contributed by atoms with E-state index in [9.17, 15) is 4.79 Å². The van der Waals surface area contributed by atoms with Gasteiger partial charge in [-0.25, -0.2) is 0 Å². The van der Waals surface area contributed by atoms with Crippen LogP contribution in [0.4, 0.5) is 0 Å². The van der Waals surface area contributed by atoms with E-state index in [0.717, 1.165) is 10.6 Å². The van der Waals surface area contributed by atoms with Crippen LogP contribution in [-0.2, 0) is 0 Å². The van der Waals surface area contributed by atoms with Crippen molar-refractivity contribution in [3.8, 4) is 0 Å². The molecule has 0 saturated heterocycles. The first-order valence-corrected chi connectivity index (χ1v) is 5.46. The summed E-state index contributed by atoms with van der Waals surface area (Å²) in [6, 6.07) is 3.38. The first-order valence-electron chi connectivity index (χ1n) is 5.46. The normalized spacial score (nSPS) is 23.8. The van der Waals surface area contributed by atoms with Crippen LogP contribution in [0.25, 0.3) is 12.2 Å². The Kier molecular flexibility index (Phi) is 2.91. The van der Waals surface area contributed by atoms with Gasteiger partial charge in [-0.3, -0.25) is 4.79 Å². The number of nitrogens with one attached hydrogen (secondary N) is 1. The Morgan fingerprint density at radius 1 is 1.12 bits per heavy atom. The van der Waals surface area contributed by atoms with Crippen LogP contribution in [0.1, 0.15) is 13.8 Å². The quantitative estimate of drug-likeness (QED) is 0.744. The predicted molar refractivity (Wildman–Crippen MR) is 67.3 cm³/mol. The van der Waals surface area contributed by atoms with Crippen molar-refractivity contribution in [3.05, 3.63) is 56.9 Å². The molecule has 16 heavy (non-hydrogen) atoms. The summed E-state index contributed by atoms with van der Waals surface area (Å²) in [7, 11) is 0. The highest BCUT2D eigenvalue weighted by molar-refractivity contribution is 5.49. The first kappa shape index (κ1) is 10.7. The number of pyridine rings is 1. The summed E-state index contributed by atoms with van der Waals surface area (Å²) in [5.74, 6) is 0.484. The number of rotatable bonds is 1. The number of allylic oxidation sites excluding steroid dienone is 4. The van der Waals surface area contributed by atoms with Crippen LogP contribution in [0.15, 0.2) is 40.7 Å². The Morgan fingerprint density at radius 3 is 2.69 bits per heavy atom. The van der Waals surface area contributed by atoms with Gasteiger partial charge in [-0.1, -0.05) is 38.2 Å². The molecule has 0 aromatic carbocycles. The minimum absolute atomic E-state index is 0.0625. The lowest BCUT2D eigenvalue weighted by atomic mass is 10.0. The third kappa shape index (κ3) is 2.22. The number of fused-ring (bicyclic) bond motifs is 1. The van der Waals surface area contributed by atoms with Crippen LogP contribution < -0.4 is 16.1 Å². The molecule has 2 rings (SSSR count). The molecule has 82 valence electrons. The van der Waals surface area contributed by atoms with E-state index in [1.807, 2.05) is 24.3 Å². The summed E-state index contributed by atoms with van der Waals surface area (Å²) in [6.07, 6.45) is 10.2. The molecule has 1 aromatic heterocycles. The molecule has 0 unspecified atom stereocenters. The number of aromatic nitrogens is 1. The number of H-pyrrole nitrogens is 1. The highest BCUT2D eigenvalue weighted by Gasteiger charge is 1.98. The van der Waals surface area contributed by atoms with Gasteiger partial charge in [0.15, 0.2) is 0 Å². The van der Waals surface area contributed by atoms with Gasteiger partial charge in [0.05, 0.1) is 0 Å². The van der Waals surface area contributed by atoms with E-state index in [1.165, 1.54) is 5.57 Å². The smallest absolute Gasteiger partial charge is 0.248 e. The van der Waals surface area contributed by atoms with Crippen molar-refractivity contribution in [1.82, 2.24) is 4.98 Å². The lowest BCUT2D eigenvalue weighted by Crippen LogP contribution is -2.33. The Hall–Kier alpha value is -1.83. The molecule has 1 aromatic rings. The molecule has 1 N–H and O–H groups in total. The van der Waals surface area contributed by atoms with Crippen LogP contribution in [0.2, 0.25) is 0 Å². The fourth-order valence-electron chi connectivity index (χ4n) is 1.67. The zero-order valence-electron chi connectivity index (χ0n) is 9.53. The zero-order chi connectivity index (χ0) is 11.5. The van der Waals surface area contributed by atoms with Crippen LogP contribution in [-0.4, -0.2) is 4.98 Å². The fourth-order valence-corrected chi connectivity index (χ4v) is 1.67. The fraction of sp³-hybridized carbons (Fsp3) is 0.214. The molecule has 0 bridgehead atoms. The minimum atomic E-state index is -0.0625. The molecular formula is C14H15NO. The maximum Gasteiger partial charge on any atom is 0.248 e. The predicted octanol–water partition coefficient (Wildman–Crippen LogP) is 1.09. The molecule has 0 spiro atoms. The molecule has 0 amide bonds. The van der Waals surface area contributed by atoms with E-state index in [4.69, 9.17) is 0 Å². The Balaban J connectivity index is 2.67. The molecule has 2 nitrogen and oxygen atoms in total. The van der Waals surface area contributed by atoms with Gasteiger partial charge in [-0.2, -0.15) is 0 Å². The summed E-state index contributed by atoms with van der Waals surface area (Å²) in [4.78, 5) is 14.1. The molecule has 0 atom stereocenters. The molecule has 1 heterocycles. The summed E-state index contributed by atoms with van der Waals surface area (Å²) in [6.45, 7) is 4.31. The number of hydrogen-bond donors (Lipinski definition) is 1. The summed E-state index contributed by atoms with van der Waals surface area (Å²) < 4.78 is 0. The van der Waals surface area contributed by atoms with E-state index in [0.29, 0.717) is 5.92 Å². The monoisotopic (exact) mass is 213 g/mol. The summed E-state index contributed by atoms with van der Waals surface area (Å²) in [5, 5.41) is 1.91. The van der Waals surface area contributed by atoms with Crippen molar-refractivity contribution in [1.29, 1.82) is 0 Å². The standard InChI is InChI=1S/C14H15NO/c1-10(2)11-4-3-5-12-7-9-14(16)15-13(12)8-6-11/h3-10H,1-2H3,(H,15,16)/b4-3+,5-3?,8-6?,11-4?,11-6-,12-5-,13-8+. The van der Waals surface area contributed by atoms with Crippen LogP contribution >= 0.6 is 0 Å². The largest absolute Gasteiger partial charge is 0.322 e. The second-order valence-electron chi connectivity index (χ2n) is 4.21. The molecule has 0 aliphatic heterocycles. The van der Waals surface area contributed by atoms with Gasteiger partial charge in [-0.15, -0.1) is 0 Å². The first-order chi connectivity index (χ1) is 7.66. The van der Waals surface area contributed by atoms with Gasteiger partial charge in [-0.05, 0) is 28.9 Å². The van der Waals surface area contributed by atoms with Gasteiger partial charge >= 0.3 is 0 Å². The SMILES string of the molecule is CC(C)C1=C\C=c2\[nH]c(=O)cc\c2=C\C=C\1. The van der Waals surface area contributed by atoms with E-state index >= 15 is 0 Å². The maximum atomic E-state index is 11.2. The highest BCUT2D eigenvalue weighted by atomic mass is 16.1. The van der Waals surface area contributed by atoms with Gasteiger partial charge < -0.3 is 4.98 Å². The second kappa shape index (κ2) is 4.35. The van der Waals surface area contributed by atoms with Crippen LogP contribution in [0.5, 0.6) is 0 Å². The van der Waals surface area contributed by atoms with Crippen molar-refractivity contribution in [2.45, 2.75) is 13.8 Å². The summed E-state index contributed by atoms with van der Waals surface area (Å²) in [5.41, 5.74) is 1.19. The lowest BCUT2D eigenvalue weighted by molar-refractivity contribution is 0.792. The van der Waals surface area contributed by atoms with Crippen molar-refractivity contribution in [2.24, 2.45) is 5.92 Å². The Morgan fingerprint density at radius 2 is 1.94 bits per heavy atom. The van der Waals surface area contributed by atoms with E-state index < -0.39 is 0 Å². The summed E-state index contributed by atoms with van der Waals surface area (Å²) >= 11 is 0. The minimum Gasteiger partial charge on any atom is -0.322 e. The number of hydrogen-bond acceptors (Lipinski definition) is 1. The maximum absolute atomic E-state index is 11.2. The zero-order valence-corrected chi connectivity index (χ0v) is 9.53. The van der Waals surface area contributed by atoms with Crippen molar-refractivity contribution >= 4 is 12.2 Å². The van der Waals surface area contributed by atoms with Gasteiger partial charge in [0, 0.05) is 11.4 Å². The average Bonchev–Trinajstić information content (AvgIpc) is 2.20. The van der Waals surface area contributed by atoms with Gasteiger partial charge in [0.25, 0.3) is 0 Å². The van der Waals surface area contributed by atoms with Crippen molar-refractivity contribution in [3.63, 3.8) is 0 Å². The highest BCUT2D eigenvalue weighted by Crippen LogP contribution is 2.11. The molecule has 0 saturated carbocycles. The molecule has 2 heteroatoms. The van der Waals surface area contributed by atoms with Gasteiger partial charge in [0.1, 0.15) is 0 Å². The van der Waals surface area contributed by atoms with Gasteiger partial charge in [0.2, 0.25) is 5.56 Å². The topological polar surface area (TPSA) is 32.9 Å². The van der Waals surface area contributed by atoms with E-state index in [2.05, 4.69) is 31.0 Å². The van der Waals surface area contributed by atoms with Crippen LogP contribution in [0, 0.1) is 5.92 Å². The van der Waals surface area contributed by atoms with E-state index in [1.54, 1.807) is 6.07 Å². The average molecular weight is 213 g/mol. The molecule has 0 radical (unpaired) electrons. The third-order valence-corrected chi connectivity index (χ3v) is 2.66. The second-order valence-corrected chi connectivity index (χ2v) is 4.21. The Labute approximate surface area is 94.3 Å². The van der Waals surface area contributed by atoms with Crippen LogP contribution in [0.3, 0.4) is 0 Å². The Bertz CT molecular complexity index is 615. The molecular weight excluding hydrogens is 198 g/mol. The number of aromatic amines is 1. The lowest BCUT2D eigenvalue weighted by Gasteiger charge is -2.05. The molecule has 1 aliphatic rings. The molecule has 0 fully saturated rings. The van der Waals surface area contributed by atoms with Crippen molar-refractivity contribution < 1.29 is 0 Å². The third-order valence-electron chi connectivity index (χ3n) is 2.66.